The maximum absolute atomic E-state index is 10.8. The Hall–Kier alpha value is -2.10. The van der Waals surface area contributed by atoms with Gasteiger partial charge in [-0.1, -0.05) is 12.1 Å². The lowest BCUT2D eigenvalue weighted by Crippen LogP contribution is -2.18. The highest BCUT2D eigenvalue weighted by atomic mass is 16.1. The molecule has 2 aromatic rings. The predicted molar refractivity (Wildman–Crippen MR) is 70.6 cm³/mol. The number of nitrogens with one attached hydrogen (secondary N) is 1. The summed E-state index contributed by atoms with van der Waals surface area (Å²) in [4.78, 5) is 15.1. The van der Waals surface area contributed by atoms with Crippen LogP contribution in [0.3, 0.4) is 0 Å². The fourth-order valence-electron chi connectivity index (χ4n) is 1.76. The Bertz CT molecular complexity index is 555. The van der Waals surface area contributed by atoms with E-state index in [0.29, 0.717) is 6.54 Å². The second-order valence-corrected chi connectivity index (χ2v) is 4.36. The average Bonchev–Trinajstić information content (AvgIpc) is 2.68. The Labute approximate surface area is 107 Å². The van der Waals surface area contributed by atoms with Gasteiger partial charge in [0, 0.05) is 24.8 Å². The molecule has 0 unspecified atom stereocenters. The molecule has 18 heavy (non-hydrogen) atoms. The first-order valence-corrected chi connectivity index (χ1v) is 5.92. The summed E-state index contributed by atoms with van der Waals surface area (Å²) in [5.74, 6) is -0.0137. The van der Waals surface area contributed by atoms with Crippen molar-refractivity contribution < 1.29 is 4.79 Å². The molecule has 1 N–H and O–H groups in total. The number of rotatable bonds is 3. The van der Waals surface area contributed by atoms with Gasteiger partial charge in [-0.25, -0.2) is 4.98 Å². The molecule has 1 heterocycles. The Morgan fingerprint density at radius 1 is 1.28 bits per heavy atom. The number of amides is 1. The van der Waals surface area contributed by atoms with E-state index in [1.54, 1.807) is 0 Å². The van der Waals surface area contributed by atoms with E-state index < -0.39 is 0 Å². The van der Waals surface area contributed by atoms with Gasteiger partial charge in [-0.3, -0.25) is 4.79 Å². The van der Waals surface area contributed by atoms with E-state index in [-0.39, 0.29) is 5.91 Å². The molecule has 1 aromatic heterocycles. The van der Waals surface area contributed by atoms with Crippen molar-refractivity contribution in [3.63, 3.8) is 0 Å². The number of imidazole rings is 1. The Morgan fingerprint density at radius 3 is 2.44 bits per heavy atom. The van der Waals surface area contributed by atoms with Gasteiger partial charge >= 0.3 is 0 Å². The van der Waals surface area contributed by atoms with Crippen LogP contribution < -0.4 is 5.32 Å². The van der Waals surface area contributed by atoms with Gasteiger partial charge < -0.3 is 9.88 Å². The summed E-state index contributed by atoms with van der Waals surface area (Å²) >= 11 is 0. The minimum atomic E-state index is -0.0137. The van der Waals surface area contributed by atoms with Gasteiger partial charge in [-0.15, -0.1) is 0 Å². The third-order valence-electron chi connectivity index (χ3n) is 3.01. The molecule has 0 atom stereocenters. The van der Waals surface area contributed by atoms with Crippen LogP contribution in [0.1, 0.15) is 23.9 Å². The van der Waals surface area contributed by atoms with Crippen LogP contribution in [0.2, 0.25) is 0 Å². The number of hydrogen-bond acceptors (Lipinski definition) is 2. The maximum atomic E-state index is 10.8. The molecule has 2 rings (SSSR count). The van der Waals surface area contributed by atoms with Crippen molar-refractivity contribution in [2.24, 2.45) is 0 Å². The van der Waals surface area contributed by atoms with Crippen LogP contribution in [0.25, 0.3) is 5.69 Å². The van der Waals surface area contributed by atoms with E-state index in [9.17, 15) is 4.79 Å². The molecule has 0 radical (unpaired) electrons. The predicted octanol–water partition coefficient (Wildman–Crippen LogP) is 2.13. The highest BCUT2D eigenvalue weighted by Gasteiger charge is 2.04. The van der Waals surface area contributed by atoms with Crippen molar-refractivity contribution in [3.05, 3.63) is 47.5 Å². The molecular weight excluding hydrogens is 226 g/mol. The lowest BCUT2D eigenvalue weighted by Gasteiger charge is -2.07. The number of carbonyl (C=O) groups excluding carboxylic acids is 1. The van der Waals surface area contributed by atoms with Gasteiger partial charge in [-0.05, 0) is 31.5 Å². The summed E-state index contributed by atoms with van der Waals surface area (Å²) in [7, 11) is 0. The Kier molecular flexibility index (Phi) is 3.46. The van der Waals surface area contributed by atoms with Crippen LogP contribution in [0, 0.1) is 13.8 Å². The first kappa shape index (κ1) is 12.4. The number of hydrogen-bond donors (Lipinski definition) is 1. The molecule has 94 valence electrons. The molecule has 0 saturated carbocycles. The third-order valence-corrected chi connectivity index (χ3v) is 3.01. The lowest BCUT2D eigenvalue weighted by molar-refractivity contribution is -0.119. The summed E-state index contributed by atoms with van der Waals surface area (Å²) < 4.78 is 2.05. The van der Waals surface area contributed by atoms with E-state index in [2.05, 4.69) is 14.9 Å². The fraction of sp³-hybridized carbons (Fsp3) is 0.286. The van der Waals surface area contributed by atoms with Crippen molar-refractivity contribution in [2.75, 3.05) is 0 Å². The minimum absolute atomic E-state index is 0.0137. The standard InChI is InChI=1S/C14H17N3O/c1-10-11(2)17(9-16-10)14-6-4-13(5-7-14)8-15-12(3)18/h4-7,9H,8H2,1-3H3,(H,15,18). The molecule has 4 heteroatoms. The average molecular weight is 243 g/mol. The number of aryl methyl sites for hydroxylation is 1. The highest BCUT2D eigenvalue weighted by molar-refractivity contribution is 5.72. The zero-order chi connectivity index (χ0) is 13.1. The molecule has 1 aromatic carbocycles. The molecule has 0 bridgehead atoms. The summed E-state index contributed by atoms with van der Waals surface area (Å²) in [6, 6.07) is 8.09. The molecular formula is C14H17N3O. The maximum Gasteiger partial charge on any atom is 0.217 e. The summed E-state index contributed by atoms with van der Waals surface area (Å²) in [5.41, 5.74) is 4.35. The topological polar surface area (TPSA) is 46.9 Å². The van der Waals surface area contributed by atoms with Gasteiger partial charge in [0.25, 0.3) is 0 Å². The summed E-state index contributed by atoms with van der Waals surface area (Å²) in [5, 5.41) is 2.78. The van der Waals surface area contributed by atoms with Crippen LogP contribution in [-0.4, -0.2) is 15.5 Å². The number of aromatic nitrogens is 2. The van der Waals surface area contributed by atoms with Gasteiger partial charge in [0.05, 0.1) is 12.0 Å². The van der Waals surface area contributed by atoms with Gasteiger partial charge in [-0.2, -0.15) is 0 Å². The molecule has 0 aliphatic rings. The Morgan fingerprint density at radius 2 is 1.94 bits per heavy atom. The smallest absolute Gasteiger partial charge is 0.217 e. The van der Waals surface area contributed by atoms with Crippen molar-refractivity contribution in [1.82, 2.24) is 14.9 Å². The summed E-state index contributed by atoms with van der Waals surface area (Å²) in [6.07, 6.45) is 1.83. The monoisotopic (exact) mass is 243 g/mol. The molecule has 0 spiro atoms. The minimum Gasteiger partial charge on any atom is -0.352 e. The lowest BCUT2D eigenvalue weighted by atomic mass is 10.2. The second-order valence-electron chi connectivity index (χ2n) is 4.36. The van der Waals surface area contributed by atoms with Crippen LogP contribution in [0.4, 0.5) is 0 Å². The highest BCUT2D eigenvalue weighted by Crippen LogP contribution is 2.14. The van der Waals surface area contributed by atoms with Crippen molar-refractivity contribution in [3.8, 4) is 5.69 Å². The van der Waals surface area contributed by atoms with E-state index in [1.807, 2.05) is 44.4 Å². The van der Waals surface area contributed by atoms with E-state index >= 15 is 0 Å². The molecule has 0 aliphatic carbocycles. The number of benzene rings is 1. The number of nitrogens with zero attached hydrogens (tertiary/aromatic N) is 2. The first-order chi connectivity index (χ1) is 8.58. The molecule has 0 saturated heterocycles. The van der Waals surface area contributed by atoms with E-state index in [1.165, 1.54) is 6.92 Å². The van der Waals surface area contributed by atoms with Crippen molar-refractivity contribution >= 4 is 5.91 Å². The third kappa shape index (κ3) is 2.59. The van der Waals surface area contributed by atoms with Crippen molar-refractivity contribution in [1.29, 1.82) is 0 Å². The molecule has 0 aliphatic heterocycles. The Balaban J connectivity index is 2.17. The van der Waals surface area contributed by atoms with Crippen LogP contribution in [-0.2, 0) is 11.3 Å². The number of carbonyl (C=O) groups is 1. The zero-order valence-corrected chi connectivity index (χ0v) is 10.9. The molecule has 0 fully saturated rings. The van der Waals surface area contributed by atoms with Crippen molar-refractivity contribution in [2.45, 2.75) is 27.3 Å². The summed E-state index contributed by atoms with van der Waals surface area (Å²) in [6.45, 7) is 6.13. The van der Waals surface area contributed by atoms with Gasteiger partial charge in [0.2, 0.25) is 5.91 Å². The molecule has 1 amide bonds. The largest absolute Gasteiger partial charge is 0.352 e. The SMILES string of the molecule is CC(=O)NCc1ccc(-n2cnc(C)c2C)cc1. The normalized spacial score (nSPS) is 10.4. The molecule has 4 nitrogen and oxygen atoms in total. The fourth-order valence-corrected chi connectivity index (χ4v) is 1.76. The van der Waals surface area contributed by atoms with Gasteiger partial charge in [0.15, 0.2) is 0 Å². The van der Waals surface area contributed by atoms with E-state index in [4.69, 9.17) is 0 Å². The van der Waals surface area contributed by atoms with Crippen LogP contribution in [0.15, 0.2) is 30.6 Å². The quantitative estimate of drug-likeness (QED) is 0.897. The van der Waals surface area contributed by atoms with E-state index in [0.717, 1.165) is 22.6 Å². The first-order valence-electron chi connectivity index (χ1n) is 5.92. The van der Waals surface area contributed by atoms with Crippen LogP contribution in [0.5, 0.6) is 0 Å². The van der Waals surface area contributed by atoms with Gasteiger partial charge in [0.1, 0.15) is 0 Å². The zero-order valence-electron chi connectivity index (χ0n) is 10.9. The van der Waals surface area contributed by atoms with Crippen LogP contribution >= 0.6 is 0 Å². The second kappa shape index (κ2) is 5.04.